The molecule has 86 valence electrons. The topological polar surface area (TPSA) is 61.2 Å². The van der Waals surface area contributed by atoms with Crippen molar-refractivity contribution < 1.29 is 8.42 Å². The van der Waals surface area contributed by atoms with E-state index >= 15 is 0 Å². The van der Waals surface area contributed by atoms with Crippen LogP contribution in [0.3, 0.4) is 0 Å². The molecule has 0 aromatic heterocycles. The van der Waals surface area contributed by atoms with Crippen LogP contribution in [-0.4, -0.2) is 43.5 Å². The van der Waals surface area contributed by atoms with E-state index in [1.165, 1.54) is 0 Å². The van der Waals surface area contributed by atoms with E-state index in [9.17, 15) is 13.7 Å². The van der Waals surface area contributed by atoms with Crippen molar-refractivity contribution in [3.8, 4) is 6.07 Å². The fraction of sp³-hybridized carbons (Fsp3) is 0.900. The quantitative estimate of drug-likeness (QED) is 0.719. The van der Waals surface area contributed by atoms with Crippen LogP contribution in [0.25, 0.3) is 0 Å². The van der Waals surface area contributed by atoms with Gasteiger partial charge in [0.05, 0.1) is 17.6 Å². The Hall–Kier alpha value is -0.600. The van der Waals surface area contributed by atoms with Crippen molar-refractivity contribution in [2.45, 2.75) is 32.2 Å². The summed E-state index contributed by atoms with van der Waals surface area (Å²) in [5.41, 5.74) is -0.547. The fourth-order valence-corrected chi connectivity index (χ4v) is 3.70. The van der Waals surface area contributed by atoms with E-state index in [-0.39, 0.29) is 11.5 Å². The molecule has 4 nitrogen and oxygen atoms in total. The van der Waals surface area contributed by atoms with Crippen LogP contribution in [0.4, 0.5) is 0 Å². The predicted octanol–water partition coefficient (Wildman–Crippen LogP) is 0.799. The van der Waals surface area contributed by atoms with Crippen molar-refractivity contribution in [3.05, 3.63) is 0 Å². The molecule has 0 aromatic rings. The van der Waals surface area contributed by atoms with E-state index in [0.717, 1.165) is 13.1 Å². The summed E-state index contributed by atoms with van der Waals surface area (Å²) in [6, 6.07) is 2.32. The van der Waals surface area contributed by atoms with Gasteiger partial charge in [-0.15, -0.1) is 0 Å². The van der Waals surface area contributed by atoms with Gasteiger partial charge in [-0.1, -0.05) is 13.8 Å². The van der Waals surface area contributed by atoms with Crippen LogP contribution in [0, 0.1) is 11.3 Å². The summed E-state index contributed by atoms with van der Waals surface area (Å²) < 4.78 is 22.7. The largest absolute Gasteiger partial charge is 0.286 e. The zero-order chi connectivity index (χ0) is 11.5. The van der Waals surface area contributed by atoms with Gasteiger partial charge in [-0.2, -0.15) is 5.26 Å². The monoisotopic (exact) mass is 230 g/mol. The Morgan fingerprint density at radius 3 is 2.07 bits per heavy atom. The molecule has 1 saturated heterocycles. The minimum Gasteiger partial charge on any atom is -0.286 e. The van der Waals surface area contributed by atoms with Gasteiger partial charge in [0.1, 0.15) is 5.54 Å². The molecule has 1 fully saturated rings. The second kappa shape index (κ2) is 4.50. The Morgan fingerprint density at radius 2 is 1.73 bits per heavy atom. The third-order valence-electron chi connectivity index (χ3n) is 3.23. The highest BCUT2D eigenvalue weighted by molar-refractivity contribution is 7.91. The first-order valence-corrected chi connectivity index (χ1v) is 7.18. The highest BCUT2D eigenvalue weighted by Gasteiger charge is 2.41. The minimum absolute atomic E-state index is 0.150. The molecule has 1 aliphatic heterocycles. The van der Waals surface area contributed by atoms with Crippen LogP contribution < -0.4 is 0 Å². The van der Waals surface area contributed by atoms with Gasteiger partial charge in [-0.3, -0.25) is 4.90 Å². The van der Waals surface area contributed by atoms with Crippen LogP contribution in [0.2, 0.25) is 0 Å². The Kier molecular flexibility index (Phi) is 3.74. The highest BCUT2D eigenvalue weighted by Crippen LogP contribution is 2.29. The van der Waals surface area contributed by atoms with Crippen LogP contribution in [-0.2, 0) is 9.84 Å². The molecule has 0 bridgehead atoms. The molecule has 0 N–H and O–H groups in total. The molecule has 15 heavy (non-hydrogen) atoms. The second-order valence-corrected chi connectivity index (χ2v) is 6.27. The lowest BCUT2D eigenvalue weighted by Gasteiger charge is -2.40. The number of nitrogens with zero attached hydrogens (tertiary/aromatic N) is 2. The van der Waals surface area contributed by atoms with Crippen LogP contribution in [0.1, 0.15) is 26.7 Å². The lowest BCUT2D eigenvalue weighted by atomic mass is 9.92. The van der Waals surface area contributed by atoms with Gasteiger partial charge in [-0.25, -0.2) is 8.42 Å². The lowest BCUT2D eigenvalue weighted by Crippen LogP contribution is -2.52. The molecule has 1 heterocycles. The fourth-order valence-electron chi connectivity index (χ4n) is 2.20. The van der Waals surface area contributed by atoms with Crippen LogP contribution in [0.15, 0.2) is 0 Å². The molecule has 0 aromatic carbocycles. The maximum Gasteiger partial charge on any atom is 0.150 e. The molecule has 0 aliphatic carbocycles. The third kappa shape index (κ3) is 2.50. The van der Waals surface area contributed by atoms with E-state index in [1.807, 2.05) is 13.8 Å². The molecule has 0 unspecified atom stereocenters. The first kappa shape index (κ1) is 12.5. The van der Waals surface area contributed by atoms with Gasteiger partial charge in [0, 0.05) is 0 Å². The van der Waals surface area contributed by atoms with Gasteiger partial charge < -0.3 is 0 Å². The average molecular weight is 230 g/mol. The Morgan fingerprint density at radius 1 is 1.27 bits per heavy atom. The van der Waals surface area contributed by atoms with E-state index in [4.69, 9.17) is 0 Å². The van der Waals surface area contributed by atoms with Gasteiger partial charge in [0.15, 0.2) is 9.84 Å². The highest BCUT2D eigenvalue weighted by atomic mass is 32.2. The number of hydrogen-bond acceptors (Lipinski definition) is 4. The van der Waals surface area contributed by atoms with Crippen LogP contribution in [0.5, 0.6) is 0 Å². The van der Waals surface area contributed by atoms with E-state index in [0.29, 0.717) is 12.8 Å². The Labute approximate surface area is 91.8 Å². The molecule has 0 amide bonds. The van der Waals surface area contributed by atoms with E-state index in [2.05, 4.69) is 11.0 Å². The summed E-state index contributed by atoms with van der Waals surface area (Å²) in [5.74, 6) is 0.300. The van der Waals surface area contributed by atoms with Gasteiger partial charge >= 0.3 is 0 Å². The molecule has 0 radical (unpaired) electrons. The second-order valence-electron chi connectivity index (χ2n) is 3.97. The molecule has 5 heteroatoms. The van der Waals surface area contributed by atoms with Crippen molar-refractivity contribution in [1.29, 1.82) is 5.26 Å². The van der Waals surface area contributed by atoms with Gasteiger partial charge in [0.25, 0.3) is 0 Å². The zero-order valence-corrected chi connectivity index (χ0v) is 10.2. The Balaban J connectivity index is 2.86. The first-order valence-electron chi connectivity index (χ1n) is 5.36. The van der Waals surface area contributed by atoms with Gasteiger partial charge in [0.2, 0.25) is 0 Å². The van der Waals surface area contributed by atoms with E-state index < -0.39 is 15.4 Å². The molecular weight excluding hydrogens is 212 g/mol. The minimum atomic E-state index is -2.89. The van der Waals surface area contributed by atoms with Crippen molar-refractivity contribution in [2.75, 3.05) is 24.6 Å². The molecule has 0 saturated carbocycles. The predicted molar refractivity (Wildman–Crippen MR) is 59.2 cm³/mol. The molecule has 0 atom stereocenters. The van der Waals surface area contributed by atoms with Crippen molar-refractivity contribution in [2.24, 2.45) is 0 Å². The molecule has 1 aliphatic rings. The first-order chi connectivity index (χ1) is 6.99. The standard InChI is InChI=1S/C10H18N2O2S/c1-3-12(4-2)10(9-11)5-7-15(13,14)8-6-10/h3-8H2,1-2H3. The summed E-state index contributed by atoms with van der Waals surface area (Å²) in [7, 11) is -2.89. The summed E-state index contributed by atoms with van der Waals surface area (Å²) in [4.78, 5) is 2.07. The smallest absolute Gasteiger partial charge is 0.150 e. The van der Waals surface area contributed by atoms with Crippen LogP contribution >= 0.6 is 0 Å². The number of rotatable bonds is 3. The maximum atomic E-state index is 11.3. The summed E-state index contributed by atoms with van der Waals surface area (Å²) in [6.45, 7) is 5.60. The molecule has 1 rings (SSSR count). The number of hydrogen-bond donors (Lipinski definition) is 0. The van der Waals surface area contributed by atoms with Gasteiger partial charge in [-0.05, 0) is 25.9 Å². The van der Waals surface area contributed by atoms with Crippen molar-refractivity contribution >= 4 is 9.84 Å². The normalized spacial score (nSPS) is 23.6. The average Bonchev–Trinajstić information content (AvgIpc) is 2.22. The molecule has 0 spiro atoms. The Bertz CT molecular complexity index is 338. The lowest BCUT2D eigenvalue weighted by molar-refractivity contribution is 0.140. The summed E-state index contributed by atoms with van der Waals surface area (Å²) in [5, 5.41) is 9.26. The molecular formula is C10H18N2O2S. The maximum absolute atomic E-state index is 11.3. The third-order valence-corrected chi connectivity index (χ3v) is 4.88. The van der Waals surface area contributed by atoms with Crippen molar-refractivity contribution in [1.82, 2.24) is 4.90 Å². The number of nitriles is 1. The van der Waals surface area contributed by atoms with E-state index in [1.54, 1.807) is 0 Å². The summed E-state index contributed by atoms with van der Waals surface area (Å²) >= 11 is 0. The van der Waals surface area contributed by atoms with Crippen molar-refractivity contribution in [3.63, 3.8) is 0 Å². The SMILES string of the molecule is CCN(CC)C1(C#N)CCS(=O)(=O)CC1. The summed E-state index contributed by atoms with van der Waals surface area (Å²) in [6.07, 6.45) is 0.904. The number of sulfone groups is 1. The zero-order valence-electron chi connectivity index (χ0n) is 9.36.